The van der Waals surface area contributed by atoms with Crippen LogP contribution >= 0.6 is 22.9 Å². The summed E-state index contributed by atoms with van der Waals surface area (Å²) in [6, 6.07) is 8.29. The first kappa shape index (κ1) is 31.2. The number of ether oxygens (including phenoxy) is 2. The van der Waals surface area contributed by atoms with Gasteiger partial charge in [0.15, 0.2) is 0 Å². The van der Waals surface area contributed by atoms with Crippen molar-refractivity contribution in [2.24, 2.45) is 5.92 Å². The SMILES string of the molecule is COCCN1CC[C@@H](Oc2c(C)cc(Cl)cc2-c2ccnc3cc(Cn4c(=O)ccn(CC(F)(F)F)c4=O)sc23)[C@H](C)C1. The lowest BCUT2D eigenvalue weighted by Crippen LogP contribution is -2.45. The molecule has 0 spiro atoms. The first-order valence-corrected chi connectivity index (χ1v) is 15.1. The fourth-order valence-corrected chi connectivity index (χ4v) is 6.90. The van der Waals surface area contributed by atoms with Crippen LogP contribution in [0.3, 0.4) is 0 Å². The number of methoxy groups -OCH3 is 1. The van der Waals surface area contributed by atoms with E-state index in [1.807, 2.05) is 25.1 Å². The molecule has 13 heteroatoms. The van der Waals surface area contributed by atoms with Crippen LogP contribution in [0.2, 0.25) is 5.02 Å². The van der Waals surface area contributed by atoms with E-state index in [9.17, 15) is 22.8 Å². The van der Waals surface area contributed by atoms with Crippen molar-refractivity contribution in [2.45, 2.75) is 45.6 Å². The van der Waals surface area contributed by atoms with E-state index in [4.69, 9.17) is 21.1 Å². The van der Waals surface area contributed by atoms with Gasteiger partial charge < -0.3 is 14.4 Å². The molecule has 5 rings (SSSR count). The zero-order valence-corrected chi connectivity index (χ0v) is 25.6. The average Bonchev–Trinajstić information content (AvgIpc) is 3.36. The van der Waals surface area contributed by atoms with Crippen molar-refractivity contribution in [1.82, 2.24) is 19.0 Å². The molecule has 0 unspecified atom stereocenters. The van der Waals surface area contributed by atoms with Gasteiger partial charge in [-0.2, -0.15) is 13.2 Å². The Morgan fingerprint density at radius 2 is 1.95 bits per heavy atom. The van der Waals surface area contributed by atoms with Crippen molar-refractivity contribution < 1.29 is 22.6 Å². The van der Waals surface area contributed by atoms with Crippen molar-refractivity contribution in [3.05, 3.63) is 79.0 Å². The monoisotopic (exact) mass is 636 g/mol. The number of rotatable bonds is 9. The molecule has 2 atom stereocenters. The molecule has 1 aliphatic heterocycles. The molecular weight excluding hydrogens is 605 g/mol. The second kappa shape index (κ2) is 12.8. The second-order valence-electron chi connectivity index (χ2n) is 10.9. The first-order valence-electron chi connectivity index (χ1n) is 13.9. The van der Waals surface area contributed by atoms with E-state index in [-0.39, 0.29) is 18.6 Å². The summed E-state index contributed by atoms with van der Waals surface area (Å²) >= 11 is 7.84. The molecule has 8 nitrogen and oxygen atoms in total. The third kappa shape index (κ3) is 7.14. The molecule has 4 aromatic rings. The van der Waals surface area contributed by atoms with E-state index in [0.29, 0.717) is 26.6 Å². The van der Waals surface area contributed by atoms with Crippen LogP contribution in [0.1, 0.15) is 23.8 Å². The number of aryl methyl sites for hydroxylation is 1. The van der Waals surface area contributed by atoms with Crippen LogP contribution in [0.15, 0.2) is 52.3 Å². The molecule has 0 aliphatic carbocycles. The molecule has 0 saturated carbocycles. The fraction of sp³-hybridized carbons (Fsp3) is 0.433. The normalized spacial score (nSPS) is 17.9. The number of fused-ring (bicyclic) bond motifs is 1. The van der Waals surface area contributed by atoms with Gasteiger partial charge in [-0.1, -0.05) is 18.5 Å². The zero-order valence-electron chi connectivity index (χ0n) is 24.0. The number of pyridine rings is 1. The number of piperidine rings is 1. The highest BCUT2D eigenvalue weighted by molar-refractivity contribution is 7.19. The Balaban J connectivity index is 1.48. The number of hydrogen-bond acceptors (Lipinski definition) is 7. The number of likely N-dealkylation sites (tertiary alicyclic amines) is 1. The number of hydrogen-bond donors (Lipinski definition) is 0. The summed E-state index contributed by atoms with van der Waals surface area (Å²) in [6.07, 6.45) is -1.21. The van der Waals surface area contributed by atoms with E-state index >= 15 is 0 Å². The number of nitrogens with zero attached hydrogens (tertiary/aromatic N) is 4. The minimum Gasteiger partial charge on any atom is -0.489 e. The Kier molecular flexibility index (Phi) is 9.31. The maximum Gasteiger partial charge on any atom is 0.406 e. The van der Waals surface area contributed by atoms with Crippen molar-refractivity contribution >= 4 is 33.2 Å². The van der Waals surface area contributed by atoms with Crippen LogP contribution in [-0.4, -0.2) is 64.6 Å². The smallest absolute Gasteiger partial charge is 0.406 e. The van der Waals surface area contributed by atoms with Crippen LogP contribution in [-0.2, 0) is 17.8 Å². The van der Waals surface area contributed by atoms with Gasteiger partial charge in [-0.05, 0) is 43.2 Å². The maximum atomic E-state index is 13.0. The molecule has 0 amide bonds. The standard InChI is InChI=1S/C30H32ClF3N4O4S/c1-18-12-20(31)13-23(27(18)42-25-5-8-36(10-11-41-3)15-19(25)2)22-4-7-35-24-14-21(43-28(22)24)16-38-26(39)6-9-37(29(38)40)17-30(32,33)34/h4,6-7,9,12-14,19,25H,5,8,10-11,15-17H2,1-3H3/t19-,25-/m1/s1. The van der Waals surface area contributed by atoms with E-state index in [1.165, 1.54) is 11.3 Å². The van der Waals surface area contributed by atoms with Gasteiger partial charge >= 0.3 is 11.9 Å². The quantitative estimate of drug-likeness (QED) is 0.238. The molecule has 1 saturated heterocycles. The van der Waals surface area contributed by atoms with Gasteiger partial charge in [0.1, 0.15) is 18.4 Å². The zero-order chi connectivity index (χ0) is 30.9. The van der Waals surface area contributed by atoms with Gasteiger partial charge in [-0.15, -0.1) is 11.3 Å². The van der Waals surface area contributed by atoms with Gasteiger partial charge in [-0.25, -0.2) is 4.79 Å². The van der Waals surface area contributed by atoms with E-state index in [2.05, 4.69) is 16.8 Å². The van der Waals surface area contributed by atoms with Crippen molar-refractivity contribution in [1.29, 1.82) is 0 Å². The number of aromatic nitrogens is 3. The van der Waals surface area contributed by atoms with Crippen LogP contribution in [0.5, 0.6) is 5.75 Å². The Labute approximate surface area is 255 Å². The van der Waals surface area contributed by atoms with Gasteiger partial charge in [0, 0.05) is 72.1 Å². The van der Waals surface area contributed by atoms with Crippen LogP contribution in [0, 0.1) is 12.8 Å². The Morgan fingerprint density at radius 1 is 1.16 bits per heavy atom. The predicted octanol–water partition coefficient (Wildman–Crippen LogP) is 5.59. The molecule has 0 bridgehead atoms. The van der Waals surface area contributed by atoms with Gasteiger partial charge in [0.25, 0.3) is 5.56 Å². The largest absolute Gasteiger partial charge is 0.489 e. The highest BCUT2D eigenvalue weighted by atomic mass is 35.5. The topological polar surface area (TPSA) is 78.6 Å². The first-order chi connectivity index (χ1) is 20.4. The van der Waals surface area contributed by atoms with Crippen molar-refractivity contribution in [3.63, 3.8) is 0 Å². The summed E-state index contributed by atoms with van der Waals surface area (Å²) in [6.45, 7) is 5.82. The Hall–Kier alpha value is -3.19. The second-order valence-corrected chi connectivity index (χ2v) is 12.4. The molecule has 3 aromatic heterocycles. The third-order valence-electron chi connectivity index (χ3n) is 7.59. The molecule has 230 valence electrons. The lowest BCUT2D eigenvalue weighted by molar-refractivity contribution is -0.141. The molecule has 0 radical (unpaired) electrons. The molecule has 4 heterocycles. The summed E-state index contributed by atoms with van der Waals surface area (Å²) in [7, 11) is 1.70. The minimum atomic E-state index is -4.60. The minimum absolute atomic E-state index is 0.00234. The predicted molar refractivity (Wildman–Crippen MR) is 161 cm³/mol. The van der Waals surface area contributed by atoms with Crippen LogP contribution in [0.4, 0.5) is 13.2 Å². The Bertz CT molecular complexity index is 1740. The van der Waals surface area contributed by atoms with E-state index < -0.39 is 24.0 Å². The van der Waals surface area contributed by atoms with Crippen LogP contribution in [0.25, 0.3) is 21.3 Å². The van der Waals surface area contributed by atoms with Crippen molar-refractivity contribution in [3.8, 4) is 16.9 Å². The highest BCUT2D eigenvalue weighted by Gasteiger charge is 2.30. The summed E-state index contributed by atoms with van der Waals surface area (Å²) in [4.78, 5) is 32.7. The van der Waals surface area contributed by atoms with Crippen LogP contribution < -0.4 is 16.0 Å². The molecule has 43 heavy (non-hydrogen) atoms. The lowest BCUT2D eigenvalue weighted by atomic mass is 9.95. The molecular formula is C30H32ClF3N4O4S. The number of alkyl halides is 3. The van der Waals surface area contributed by atoms with E-state index in [1.54, 1.807) is 19.4 Å². The van der Waals surface area contributed by atoms with Gasteiger partial charge in [0.05, 0.1) is 23.4 Å². The molecule has 1 aliphatic rings. The van der Waals surface area contributed by atoms with E-state index in [0.717, 1.165) is 70.0 Å². The third-order valence-corrected chi connectivity index (χ3v) is 8.95. The summed E-state index contributed by atoms with van der Waals surface area (Å²) < 4.78 is 52.9. The highest BCUT2D eigenvalue weighted by Crippen LogP contribution is 2.42. The molecule has 1 fully saturated rings. The average molecular weight is 637 g/mol. The number of benzene rings is 1. The molecule has 1 aromatic carbocycles. The lowest BCUT2D eigenvalue weighted by Gasteiger charge is -2.37. The Morgan fingerprint density at radius 3 is 2.67 bits per heavy atom. The van der Waals surface area contributed by atoms with Crippen molar-refractivity contribution in [2.75, 3.05) is 33.4 Å². The summed E-state index contributed by atoms with van der Waals surface area (Å²) in [5, 5.41) is 0.546. The maximum absolute atomic E-state index is 13.0. The fourth-order valence-electron chi connectivity index (χ4n) is 5.50. The molecule has 0 N–H and O–H groups in total. The number of halogens is 4. The summed E-state index contributed by atoms with van der Waals surface area (Å²) in [5.41, 5.74) is 1.42. The number of thiophene rings is 1. The van der Waals surface area contributed by atoms with Gasteiger partial charge in [-0.3, -0.25) is 18.9 Å². The van der Waals surface area contributed by atoms with Gasteiger partial charge in [0.2, 0.25) is 0 Å². The summed E-state index contributed by atoms with van der Waals surface area (Å²) in [5.74, 6) is 1.01.